The first-order chi connectivity index (χ1) is 15.8. The summed E-state index contributed by atoms with van der Waals surface area (Å²) in [6, 6.07) is 11.9. The lowest BCUT2D eigenvalue weighted by Gasteiger charge is -2.31. The fourth-order valence-corrected chi connectivity index (χ4v) is 5.50. The predicted octanol–water partition coefficient (Wildman–Crippen LogP) is 2.56. The summed E-state index contributed by atoms with van der Waals surface area (Å²) in [5.74, 6) is 0.495. The van der Waals surface area contributed by atoms with Crippen molar-refractivity contribution in [1.82, 2.24) is 9.62 Å². The van der Waals surface area contributed by atoms with Gasteiger partial charge in [-0.3, -0.25) is 9.59 Å². The van der Waals surface area contributed by atoms with Gasteiger partial charge in [0.05, 0.1) is 11.5 Å². The Morgan fingerprint density at radius 1 is 1.09 bits per heavy atom. The van der Waals surface area contributed by atoms with Crippen LogP contribution in [0.3, 0.4) is 0 Å². The third kappa shape index (κ3) is 5.61. The summed E-state index contributed by atoms with van der Waals surface area (Å²) in [5, 5.41) is 5.59. The van der Waals surface area contributed by atoms with Crippen molar-refractivity contribution in [3.8, 4) is 5.75 Å². The van der Waals surface area contributed by atoms with Crippen LogP contribution in [0.15, 0.2) is 53.4 Å². The second-order valence-electron chi connectivity index (χ2n) is 8.19. The van der Waals surface area contributed by atoms with Crippen molar-refractivity contribution in [3.05, 3.63) is 59.7 Å². The molecule has 33 heavy (non-hydrogen) atoms. The maximum atomic E-state index is 12.9. The Bertz CT molecular complexity index is 1170. The van der Waals surface area contributed by atoms with Gasteiger partial charge in [0.15, 0.2) is 0 Å². The molecule has 2 aromatic carbocycles. The van der Waals surface area contributed by atoms with E-state index in [4.69, 9.17) is 4.74 Å². The highest BCUT2D eigenvalue weighted by molar-refractivity contribution is 7.89. The summed E-state index contributed by atoms with van der Waals surface area (Å²) in [5.41, 5.74) is 2.64. The summed E-state index contributed by atoms with van der Waals surface area (Å²) in [4.78, 5) is 23.7. The number of amides is 2. The highest BCUT2D eigenvalue weighted by Gasteiger charge is 2.29. The molecule has 0 unspecified atom stereocenters. The maximum absolute atomic E-state index is 12.9. The van der Waals surface area contributed by atoms with E-state index >= 15 is 0 Å². The van der Waals surface area contributed by atoms with Crippen LogP contribution in [0.1, 0.15) is 30.9 Å². The average molecular weight is 470 g/mol. The van der Waals surface area contributed by atoms with Gasteiger partial charge < -0.3 is 15.4 Å². The monoisotopic (exact) mass is 469 g/mol. The molecule has 2 aliphatic rings. The van der Waals surface area contributed by atoms with Gasteiger partial charge in [0.1, 0.15) is 5.75 Å². The molecule has 1 saturated heterocycles. The molecule has 0 saturated carbocycles. The molecule has 0 atom stereocenters. The van der Waals surface area contributed by atoms with E-state index in [-0.39, 0.29) is 22.8 Å². The minimum Gasteiger partial charge on any atom is -0.493 e. The number of nitrogens with zero attached hydrogens (tertiary/aromatic N) is 1. The number of benzene rings is 2. The molecule has 174 valence electrons. The Morgan fingerprint density at radius 2 is 1.82 bits per heavy atom. The standard InChI is InChI=1S/C24H27N3O5S/c1-17(28)25-20-4-6-22(7-5-20)33(30,31)27-13-10-21(11-14-27)26-24(29)9-3-18-2-8-23-19(16-18)12-15-32-23/h2-9,16,21H,10-15H2,1H3,(H,25,28)(H,26,29)/b9-3+. The van der Waals surface area contributed by atoms with Crippen molar-refractivity contribution in [1.29, 1.82) is 0 Å². The minimum absolute atomic E-state index is 0.0795. The van der Waals surface area contributed by atoms with Gasteiger partial charge in [-0.25, -0.2) is 8.42 Å². The van der Waals surface area contributed by atoms with Crippen molar-refractivity contribution in [3.63, 3.8) is 0 Å². The van der Waals surface area contributed by atoms with Gasteiger partial charge in [-0.1, -0.05) is 6.07 Å². The lowest BCUT2D eigenvalue weighted by molar-refractivity contribution is -0.117. The van der Waals surface area contributed by atoms with Crippen molar-refractivity contribution >= 4 is 33.6 Å². The van der Waals surface area contributed by atoms with E-state index in [0.717, 1.165) is 23.3 Å². The molecule has 4 rings (SSSR count). The number of nitrogens with one attached hydrogen (secondary N) is 2. The third-order valence-electron chi connectivity index (χ3n) is 5.75. The number of fused-ring (bicyclic) bond motifs is 1. The zero-order valence-corrected chi connectivity index (χ0v) is 19.2. The maximum Gasteiger partial charge on any atom is 0.244 e. The molecule has 2 heterocycles. The van der Waals surface area contributed by atoms with E-state index in [1.807, 2.05) is 18.2 Å². The van der Waals surface area contributed by atoms with Crippen LogP contribution in [0.2, 0.25) is 0 Å². The molecule has 0 spiro atoms. The molecule has 0 aliphatic carbocycles. The molecule has 0 radical (unpaired) electrons. The van der Waals surface area contributed by atoms with E-state index in [9.17, 15) is 18.0 Å². The van der Waals surface area contributed by atoms with Crippen LogP contribution in [0.4, 0.5) is 5.69 Å². The SMILES string of the molecule is CC(=O)Nc1ccc(S(=O)(=O)N2CCC(NC(=O)/C=C/c3ccc4c(c3)CCO4)CC2)cc1. The zero-order chi connectivity index (χ0) is 23.4. The Balaban J connectivity index is 1.29. The summed E-state index contributed by atoms with van der Waals surface area (Å²) in [6.45, 7) is 2.75. The van der Waals surface area contributed by atoms with Crippen molar-refractivity contribution in [2.24, 2.45) is 0 Å². The first-order valence-electron chi connectivity index (χ1n) is 10.9. The Kier molecular flexibility index (Phi) is 6.80. The molecule has 0 aromatic heterocycles. The van der Waals surface area contributed by atoms with E-state index in [1.54, 1.807) is 18.2 Å². The quantitative estimate of drug-likeness (QED) is 0.633. The molecule has 2 aliphatic heterocycles. The number of rotatable bonds is 6. The molecular weight excluding hydrogens is 442 g/mol. The fraction of sp³-hybridized carbons (Fsp3) is 0.333. The molecule has 8 nitrogen and oxygen atoms in total. The minimum atomic E-state index is -3.63. The van der Waals surface area contributed by atoms with Gasteiger partial charge in [0, 0.05) is 44.2 Å². The first kappa shape index (κ1) is 23.0. The number of sulfonamides is 1. The smallest absolute Gasteiger partial charge is 0.244 e. The second-order valence-corrected chi connectivity index (χ2v) is 10.1. The number of anilines is 1. The van der Waals surface area contributed by atoms with Gasteiger partial charge in [-0.2, -0.15) is 4.31 Å². The predicted molar refractivity (Wildman–Crippen MR) is 125 cm³/mol. The summed E-state index contributed by atoms with van der Waals surface area (Å²) in [6.07, 6.45) is 5.25. The molecule has 2 aromatic rings. The number of ether oxygens (including phenoxy) is 1. The van der Waals surface area contributed by atoms with Crippen molar-refractivity contribution in [2.75, 3.05) is 25.0 Å². The van der Waals surface area contributed by atoms with Gasteiger partial charge in [-0.05, 0) is 66.4 Å². The Labute approximate surface area is 193 Å². The lowest BCUT2D eigenvalue weighted by atomic mass is 10.1. The van der Waals surface area contributed by atoms with Crippen LogP contribution in [-0.2, 0) is 26.0 Å². The largest absolute Gasteiger partial charge is 0.493 e. The van der Waals surface area contributed by atoms with Crippen LogP contribution < -0.4 is 15.4 Å². The summed E-state index contributed by atoms with van der Waals surface area (Å²) >= 11 is 0. The van der Waals surface area contributed by atoms with Crippen LogP contribution in [0.5, 0.6) is 5.75 Å². The van der Waals surface area contributed by atoms with Crippen LogP contribution in [0, 0.1) is 0 Å². The van der Waals surface area contributed by atoms with Crippen LogP contribution >= 0.6 is 0 Å². The molecular formula is C24H27N3O5S. The van der Waals surface area contributed by atoms with E-state index < -0.39 is 10.0 Å². The second kappa shape index (κ2) is 9.76. The van der Waals surface area contributed by atoms with E-state index in [2.05, 4.69) is 10.6 Å². The van der Waals surface area contributed by atoms with Crippen molar-refractivity contribution < 1.29 is 22.7 Å². The van der Waals surface area contributed by atoms with Gasteiger partial charge in [-0.15, -0.1) is 0 Å². The van der Waals surface area contributed by atoms with Crippen LogP contribution in [-0.4, -0.2) is 50.3 Å². The number of piperidine rings is 1. The van der Waals surface area contributed by atoms with Gasteiger partial charge in [0.2, 0.25) is 21.8 Å². The molecule has 9 heteroatoms. The summed E-state index contributed by atoms with van der Waals surface area (Å²) in [7, 11) is -3.63. The number of hydrogen-bond donors (Lipinski definition) is 2. The molecule has 2 N–H and O–H groups in total. The number of carbonyl (C=O) groups is 2. The topological polar surface area (TPSA) is 105 Å². The van der Waals surface area contributed by atoms with Crippen molar-refractivity contribution in [2.45, 2.75) is 37.1 Å². The lowest BCUT2D eigenvalue weighted by Crippen LogP contribution is -2.46. The van der Waals surface area contributed by atoms with E-state index in [1.165, 1.54) is 29.4 Å². The third-order valence-corrected chi connectivity index (χ3v) is 7.67. The molecule has 1 fully saturated rings. The zero-order valence-electron chi connectivity index (χ0n) is 18.4. The average Bonchev–Trinajstić information content (AvgIpc) is 3.26. The van der Waals surface area contributed by atoms with E-state index in [0.29, 0.717) is 38.2 Å². The Hall–Kier alpha value is -3.17. The van der Waals surface area contributed by atoms with Crippen LogP contribution in [0.25, 0.3) is 6.08 Å². The highest BCUT2D eigenvalue weighted by atomic mass is 32.2. The van der Waals surface area contributed by atoms with Gasteiger partial charge in [0.25, 0.3) is 0 Å². The highest BCUT2D eigenvalue weighted by Crippen LogP contribution is 2.26. The molecule has 0 bridgehead atoms. The van der Waals surface area contributed by atoms with Gasteiger partial charge >= 0.3 is 0 Å². The summed E-state index contributed by atoms with van der Waals surface area (Å²) < 4.78 is 32.8. The molecule has 2 amide bonds. The normalized spacial score (nSPS) is 16.9. The number of carbonyl (C=O) groups excluding carboxylic acids is 2. The fourth-order valence-electron chi connectivity index (χ4n) is 4.03. The number of hydrogen-bond acceptors (Lipinski definition) is 5. The Morgan fingerprint density at radius 3 is 2.52 bits per heavy atom. The first-order valence-corrected chi connectivity index (χ1v) is 12.4.